The maximum atomic E-state index is 14.4. The van der Waals surface area contributed by atoms with Gasteiger partial charge >= 0.3 is 5.69 Å². The second-order valence-electron chi connectivity index (χ2n) is 7.02. The first-order valence-corrected chi connectivity index (χ1v) is 9.85. The summed E-state index contributed by atoms with van der Waals surface area (Å²) in [5.41, 5.74) is -2.23. The predicted molar refractivity (Wildman–Crippen MR) is 115 cm³/mol. The number of pyridine rings is 1. The van der Waals surface area contributed by atoms with Gasteiger partial charge < -0.3 is 5.32 Å². The van der Waals surface area contributed by atoms with Gasteiger partial charge in [-0.3, -0.25) is 19.1 Å². The Morgan fingerprint density at radius 2 is 1.67 bits per heavy atom. The van der Waals surface area contributed by atoms with Crippen LogP contribution in [0.25, 0.3) is 5.69 Å². The molecule has 1 N–H and O–H groups in total. The molecule has 0 spiro atoms. The van der Waals surface area contributed by atoms with Gasteiger partial charge in [0, 0.05) is 24.5 Å². The van der Waals surface area contributed by atoms with Gasteiger partial charge in [-0.15, -0.1) is 0 Å². The van der Waals surface area contributed by atoms with E-state index in [1.165, 1.54) is 42.6 Å². The third-order valence-electron chi connectivity index (χ3n) is 4.82. The van der Waals surface area contributed by atoms with Gasteiger partial charge in [0.2, 0.25) is 5.69 Å². The van der Waals surface area contributed by atoms with E-state index in [-0.39, 0.29) is 17.8 Å². The van der Waals surface area contributed by atoms with Crippen LogP contribution in [-0.2, 0) is 13.1 Å². The maximum absolute atomic E-state index is 14.4. The van der Waals surface area contributed by atoms with Gasteiger partial charge in [0.15, 0.2) is 0 Å². The predicted octanol–water partition coefficient (Wildman–Crippen LogP) is 2.05. The fourth-order valence-corrected chi connectivity index (χ4v) is 3.14. The standard InChI is InChI=1S/C23H17F2N5O3/c24-17-8-2-1-7-16(17)14-29-22(32)20(21(31)27-13-15-6-5-11-26-12-15)28-30(23(29)33)19-10-4-3-9-18(19)25/h1-12H,13-14H2,(H,27,31). The van der Waals surface area contributed by atoms with E-state index in [4.69, 9.17) is 0 Å². The number of aromatic nitrogens is 4. The lowest BCUT2D eigenvalue weighted by atomic mass is 10.2. The van der Waals surface area contributed by atoms with Gasteiger partial charge in [-0.05, 0) is 29.8 Å². The summed E-state index contributed by atoms with van der Waals surface area (Å²) in [4.78, 5) is 42.8. The average Bonchev–Trinajstić information content (AvgIpc) is 2.83. The Kier molecular flexibility index (Phi) is 6.16. The number of nitrogens with one attached hydrogen (secondary N) is 1. The first-order valence-electron chi connectivity index (χ1n) is 9.85. The smallest absolute Gasteiger partial charge is 0.346 e. The molecule has 4 aromatic rings. The van der Waals surface area contributed by atoms with Gasteiger partial charge in [0.05, 0.1) is 6.54 Å². The van der Waals surface area contributed by atoms with Crippen LogP contribution >= 0.6 is 0 Å². The number of carbonyl (C=O) groups excluding carboxylic acids is 1. The third kappa shape index (κ3) is 4.59. The highest BCUT2D eigenvalue weighted by Crippen LogP contribution is 2.10. The molecule has 2 heterocycles. The molecule has 10 heteroatoms. The summed E-state index contributed by atoms with van der Waals surface area (Å²) in [6.45, 7) is -0.426. The number of halogens is 2. The van der Waals surface area contributed by atoms with Crippen molar-refractivity contribution in [1.82, 2.24) is 24.6 Å². The monoisotopic (exact) mass is 449 g/mol. The fourth-order valence-electron chi connectivity index (χ4n) is 3.14. The van der Waals surface area contributed by atoms with Gasteiger partial charge in [-0.2, -0.15) is 9.78 Å². The quantitative estimate of drug-likeness (QED) is 0.486. The Morgan fingerprint density at radius 1 is 0.939 bits per heavy atom. The highest BCUT2D eigenvalue weighted by atomic mass is 19.1. The number of nitrogens with zero attached hydrogens (tertiary/aromatic N) is 4. The Labute approximate surface area is 185 Å². The molecule has 0 fully saturated rings. The van der Waals surface area contributed by atoms with Crippen molar-refractivity contribution < 1.29 is 13.6 Å². The van der Waals surface area contributed by atoms with Crippen molar-refractivity contribution in [3.8, 4) is 5.69 Å². The van der Waals surface area contributed by atoms with Crippen LogP contribution in [0.5, 0.6) is 0 Å². The average molecular weight is 449 g/mol. The SMILES string of the molecule is O=C(NCc1cccnc1)c1nn(-c2ccccc2F)c(=O)n(Cc2ccccc2F)c1=O. The lowest BCUT2D eigenvalue weighted by Crippen LogP contribution is -2.46. The Balaban J connectivity index is 1.82. The van der Waals surface area contributed by atoms with Crippen LogP contribution < -0.4 is 16.6 Å². The zero-order valence-corrected chi connectivity index (χ0v) is 17.1. The second-order valence-corrected chi connectivity index (χ2v) is 7.02. The van der Waals surface area contributed by atoms with Crippen molar-refractivity contribution in [1.29, 1.82) is 0 Å². The van der Waals surface area contributed by atoms with E-state index in [1.54, 1.807) is 24.4 Å². The zero-order chi connectivity index (χ0) is 23.4. The van der Waals surface area contributed by atoms with Crippen molar-refractivity contribution in [2.24, 2.45) is 0 Å². The number of carbonyl (C=O) groups is 1. The molecule has 0 saturated heterocycles. The largest absolute Gasteiger partial charge is 0.352 e. The highest BCUT2D eigenvalue weighted by molar-refractivity contribution is 5.91. The summed E-state index contributed by atoms with van der Waals surface area (Å²) in [6, 6.07) is 14.3. The molecule has 4 rings (SSSR count). The Bertz CT molecular complexity index is 1430. The first-order chi connectivity index (χ1) is 16.0. The molecule has 8 nitrogen and oxygen atoms in total. The van der Waals surface area contributed by atoms with Gasteiger partial charge in [-0.25, -0.2) is 13.6 Å². The fraction of sp³-hybridized carbons (Fsp3) is 0.0870. The zero-order valence-electron chi connectivity index (χ0n) is 17.1. The van der Waals surface area contributed by atoms with Gasteiger partial charge in [-0.1, -0.05) is 36.4 Å². The van der Waals surface area contributed by atoms with E-state index in [0.29, 0.717) is 14.8 Å². The Hall–Kier alpha value is -4.47. The lowest BCUT2D eigenvalue weighted by Gasteiger charge is -2.13. The minimum absolute atomic E-state index is 0.0416. The molecule has 0 atom stereocenters. The molecule has 2 aromatic carbocycles. The van der Waals surface area contributed by atoms with E-state index >= 15 is 0 Å². The summed E-state index contributed by atoms with van der Waals surface area (Å²) in [6.07, 6.45) is 3.10. The molecular weight excluding hydrogens is 432 g/mol. The van der Waals surface area contributed by atoms with E-state index < -0.39 is 41.0 Å². The Morgan fingerprint density at radius 3 is 2.36 bits per heavy atom. The minimum atomic E-state index is -1.03. The van der Waals surface area contributed by atoms with Crippen LogP contribution in [0.2, 0.25) is 0 Å². The molecule has 0 aliphatic carbocycles. The summed E-state index contributed by atoms with van der Waals surface area (Å²) >= 11 is 0. The molecule has 0 bridgehead atoms. The molecule has 0 unspecified atom stereocenters. The van der Waals surface area contributed by atoms with Gasteiger partial charge in [0.1, 0.15) is 17.3 Å². The topological polar surface area (TPSA) is 98.9 Å². The summed E-state index contributed by atoms with van der Waals surface area (Å²) < 4.78 is 29.9. The van der Waals surface area contributed by atoms with E-state index in [2.05, 4.69) is 15.4 Å². The van der Waals surface area contributed by atoms with Crippen molar-refractivity contribution in [3.63, 3.8) is 0 Å². The van der Waals surface area contributed by atoms with Crippen LogP contribution in [0, 0.1) is 11.6 Å². The number of hydrogen-bond donors (Lipinski definition) is 1. The molecule has 1 amide bonds. The van der Waals surface area contributed by atoms with Crippen LogP contribution in [-0.4, -0.2) is 25.2 Å². The number of benzene rings is 2. The third-order valence-corrected chi connectivity index (χ3v) is 4.82. The molecule has 0 radical (unpaired) electrons. The molecular formula is C23H17F2N5O3. The van der Waals surface area contributed by atoms with Gasteiger partial charge in [0.25, 0.3) is 11.5 Å². The van der Waals surface area contributed by atoms with E-state index in [9.17, 15) is 23.2 Å². The molecule has 166 valence electrons. The molecule has 0 saturated carbocycles. The number of rotatable bonds is 6. The van der Waals surface area contributed by atoms with Crippen LogP contribution in [0.4, 0.5) is 8.78 Å². The molecule has 0 aliphatic rings. The van der Waals surface area contributed by atoms with Crippen LogP contribution in [0.15, 0.2) is 82.6 Å². The van der Waals surface area contributed by atoms with E-state index in [0.717, 1.165) is 6.07 Å². The van der Waals surface area contributed by atoms with Crippen LogP contribution in [0.3, 0.4) is 0 Å². The lowest BCUT2D eigenvalue weighted by molar-refractivity contribution is 0.0941. The summed E-state index contributed by atoms with van der Waals surface area (Å²) in [5.74, 6) is -2.30. The second kappa shape index (κ2) is 9.35. The molecule has 0 aliphatic heterocycles. The van der Waals surface area contributed by atoms with Crippen molar-refractivity contribution >= 4 is 5.91 Å². The normalized spacial score (nSPS) is 10.7. The van der Waals surface area contributed by atoms with Crippen LogP contribution in [0.1, 0.15) is 21.6 Å². The number of para-hydroxylation sites is 1. The number of hydrogen-bond acceptors (Lipinski definition) is 5. The highest BCUT2D eigenvalue weighted by Gasteiger charge is 2.22. The maximum Gasteiger partial charge on any atom is 0.352 e. The van der Waals surface area contributed by atoms with E-state index in [1.807, 2.05) is 0 Å². The summed E-state index contributed by atoms with van der Waals surface area (Å²) in [7, 11) is 0. The first kappa shape index (κ1) is 21.8. The molecule has 2 aromatic heterocycles. The minimum Gasteiger partial charge on any atom is -0.346 e. The summed E-state index contributed by atoms with van der Waals surface area (Å²) in [5, 5.41) is 6.38. The van der Waals surface area contributed by atoms with Crippen molar-refractivity contribution in [2.45, 2.75) is 13.1 Å². The molecule has 33 heavy (non-hydrogen) atoms. The van der Waals surface area contributed by atoms with Crippen molar-refractivity contribution in [3.05, 3.63) is 122 Å². The number of amides is 1. The van der Waals surface area contributed by atoms with Crippen molar-refractivity contribution in [2.75, 3.05) is 0 Å².